The molecule has 3 aromatic rings. The Balaban J connectivity index is 1.39. The summed E-state index contributed by atoms with van der Waals surface area (Å²) >= 11 is 0. The van der Waals surface area contributed by atoms with E-state index in [-0.39, 0.29) is 22.8 Å². The molecule has 1 aliphatic rings. The molecule has 7 nitrogen and oxygen atoms in total. The van der Waals surface area contributed by atoms with Gasteiger partial charge in [-0.25, -0.2) is 9.37 Å². The molecule has 0 bridgehead atoms. The van der Waals surface area contributed by atoms with Gasteiger partial charge < -0.3 is 14.5 Å². The monoisotopic (exact) mass is 508 g/mol. The Morgan fingerprint density at radius 2 is 1.62 bits per heavy atom. The number of oxazole rings is 1. The molecule has 1 saturated heterocycles. The molecule has 198 valence electrons. The standard InChI is InChI=1S/C29H37FN4O3/c1-29(2,3)24-8-4-22(5-9-24)18-34(19-23-6-10-25(30)11-7-23)20-27-32-26(21-37-27)28(35)31-12-13-33-14-16-36-17-15-33/h4-11,21H,12-20H2,1-3H3,(H,31,35). The lowest BCUT2D eigenvalue weighted by Crippen LogP contribution is -2.41. The summed E-state index contributed by atoms with van der Waals surface area (Å²) in [5.74, 6) is -0.0390. The van der Waals surface area contributed by atoms with Crippen LogP contribution in [0, 0.1) is 5.82 Å². The minimum absolute atomic E-state index is 0.0869. The van der Waals surface area contributed by atoms with E-state index in [1.54, 1.807) is 12.1 Å². The SMILES string of the molecule is CC(C)(C)c1ccc(CN(Cc2ccc(F)cc2)Cc2nc(C(=O)NCCN3CCOCC3)co2)cc1. The van der Waals surface area contributed by atoms with E-state index in [0.717, 1.165) is 44.0 Å². The van der Waals surface area contributed by atoms with Crippen LogP contribution in [0.15, 0.2) is 59.2 Å². The van der Waals surface area contributed by atoms with Gasteiger partial charge in [-0.05, 0) is 34.2 Å². The van der Waals surface area contributed by atoms with Crippen LogP contribution in [0.25, 0.3) is 0 Å². The van der Waals surface area contributed by atoms with Crippen molar-refractivity contribution in [2.45, 2.75) is 45.8 Å². The molecule has 0 spiro atoms. The lowest BCUT2D eigenvalue weighted by Gasteiger charge is -2.26. The summed E-state index contributed by atoms with van der Waals surface area (Å²) in [5, 5.41) is 2.92. The average Bonchev–Trinajstić information content (AvgIpc) is 3.34. The Morgan fingerprint density at radius 1 is 1.00 bits per heavy atom. The van der Waals surface area contributed by atoms with Crippen LogP contribution in [0.4, 0.5) is 4.39 Å². The second-order valence-electron chi connectivity index (χ2n) is 10.6. The van der Waals surface area contributed by atoms with Crippen LogP contribution in [0.3, 0.4) is 0 Å². The number of halogens is 1. The van der Waals surface area contributed by atoms with Gasteiger partial charge in [-0.2, -0.15) is 0 Å². The normalized spacial score (nSPS) is 14.7. The van der Waals surface area contributed by atoms with Gasteiger partial charge in [-0.1, -0.05) is 57.2 Å². The summed E-state index contributed by atoms with van der Waals surface area (Å²) in [4.78, 5) is 21.5. The quantitative estimate of drug-likeness (QED) is 0.439. The van der Waals surface area contributed by atoms with Gasteiger partial charge in [0.05, 0.1) is 19.8 Å². The van der Waals surface area contributed by atoms with Crippen molar-refractivity contribution in [2.75, 3.05) is 39.4 Å². The van der Waals surface area contributed by atoms with Crippen molar-refractivity contribution in [2.24, 2.45) is 0 Å². The lowest BCUT2D eigenvalue weighted by molar-refractivity contribution is 0.0383. The average molecular weight is 509 g/mol. The predicted octanol–water partition coefficient (Wildman–Crippen LogP) is 4.38. The molecule has 0 atom stereocenters. The molecule has 2 heterocycles. The summed E-state index contributed by atoms with van der Waals surface area (Å²) < 4.78 is 24.5. The second kappa shape index (κ2) is 12.4. The van der Waals surface area contributed by atoms with Gasteiger partial charge >= 0.3 is 0 Å². The van der Waals surface area contributed by atoms with Gasteiger partial charge in [0, 0.05) is 39.3 Å². The van der Waals surface area contributed by atoms with Crippen molar-refractivity contribution in [1.29, 1.82) is 0 Å². The first-order valence-electron chi connectivity index (χ1n) is 12.9. The van der Waals surface area contributed by atoms with Crippen LogP contribution in [-0.2, 0) is 29.8 Å². The van der Waals surface area contributed by atoms with E-state index in [2.05, 4.69) is 65.1 Å². The molecule has 1 fully saturated rings. The van der Waals surface area contributed by atoms with Crippen molar-refractivity contribution in [3.8, 4) is 0 Å². The predicted molar refractivity (Wildman–Crippen MR) is 141 cm³/mol. The molecular formula is C29H37FN4O3. The zero-order valence-electron chi connectivity index (χ0n) is 22.0. The molecule has 2 aromatic carbocycles. The highest BCUT2D eigenvalue weighted by molar-refractivity contribution is 5.91. The van der Waals surface area contributed by atoms with E-state index in [1.165, 1.54) is 24.0 Å². The van der Waals surface area contributed by atoms with E-state index < -0.39 is 0 Å². The Hall–Kier alpha value is -3.07. The molecule has 1 N–H and O–H groups in total. The first kappa shape index (κ1) is 27.0. The third-order valence-electron chi connectivity index (χ3n) is 6.51. The van der Waals surface area contributed by atoms with Gasteiger partial charge in [-0.15, -0.1) is 0 Å². The number of rotatable bonds is 10. The van der Waals surface area contributed by atoms with Crippen LogP contribution in [0.2, 0.25) is 0 Å². The van der Waals surface area contributed by atoms with Crippen LogP contribution in [-0.4, -0.2) is 60.1 Å². The highest BCUT2D eigenvalue weighted by Gasteiger charge is 2.18. The fourth-order valence-electron chi connectivity index (χ4n) is 4.31. The first-order chi connectivity index (χ1) is 17.8. The molecule has 4 rings (SSSR count). The van der Waals surface area contributed by atoms with Gasteiger partial charge in [0.25, 0.3) is 5.91 Å². The number of hydrogen-bond donors (Lipinski definition) is 1. The van der Waals surface area contributed by atoms with E-state index in [4.69, 9.17) is 9.15 Å². The highest BCUT2D eigenvalue weighted by Crippen LogP contribution is 2.23. The number of morpholine rings is 1. The third-order valence-corrected chi connectivity index (χ3v) is 6.51. The van der Waals surface area contributed by atoms with E-state index in [0.29, 0.717) is 32.1 Å². The van der Waals surface area contributed by atoms with E-state index in [9.17, 15) is 9.18 Å². The van der Waals surface area contributed by atoms with Crippen molar-refractivity contribution in [1.82, 2.24) is 20.1 Å². The third kappa shape index (κ3) is 8.21. The van der Waals surface area contributed by atoms with Gasteiger partial charge in [0.1, 0.15) is 12.1 Å². The summed E-state index contributed by atoms with van der Waals surface area (Å²) in [6.45, 7) is 12.8. The number of carbonyl (C=O) groups excluding carboxylic acids is 1. The molecular weight excluding hydrogens is 471 g/mol. The fourth-order valence-corrected chi connectivity index (χ4v) is 4.31. The molecule has 0 saturated carbocycles. The number of aromatic nitrogens is 1. The number of ether oxygens (including phenoxy) is 1. The summed E-state index contributed by atoms with van der Waals surface area (Å²) in [6, 6.07) is 15.1. The minimum Gasteiger partial charge on any atom is -0.447 e. The van der Waals surface area contributed by atoms with Gasteiger partial charge in [-0.3, -0.25) is 14.6 Å². The maximum absolute atomic E-state index is 13.4. The summed E-state index contributed by atoms with van der Waals surface area (Å²) in [5.41, 5.74) is 3.78. The maximum Gasteiger partial charge on any atom is 0.273 e. The van der Waals surface area contributed by atoms with Crippen LogP contribution < -0.4 is 5.32 Å². The minimum atomic E-state index is -0.259. The fraction of sp³-hybridized carbons (Fsp3) is 0.448. The number of hydrogen-bond acceptors (Lipinski definition) is 6. The molecule has 0 radical (unpaired) electrons. The Morgan fingerprint density at radius 3 is 2.24 bits per heavy atom. The van der Waals surface area contributed by atoms with Crippen LogP contribution in [0.5, 0.6) is 0 Å². The molecule has 1 aliphatic heterocycles. The molecule has 8 heteroatoms. The molecule has 0 aliphatic carbocycles. The number of amides is 1. The van der Waals surface area contributed by atoms with Crippen molar-refractivity contribution >= 4 is 5.91 Å². The topological polar surface area (TPSA) is 70.8 Å². The smallest absolute Gasteiger partial charge is 0.273 e. The molecule has 1 amide bonds. The largest absolute Gasteiger partial charge is 0.447 e. The van der Waals surface area contributed by atoms with Gasteiger partial charge in [0.2, 0.25) is 5.89 Å². The number of nitrogens with zero attached hydrogens (tertiary/aromatic N) is 3. The van der Waals surface area contributed by atoms with Crippen molar-refractivity contribution in [3.63, 3.8) is 0 Å². The Bertz CT molecular complexity index is 1130. The number of nitrogens with one attached hydrogen (secondary N) is 1. The van der Waals surface area contributed by atoms with Gasteiger partial charge in [0.15, 0.2) is 5.69 Å². The molecule has 37 heavy (non-hydrogen) atoms. The maximum atomic E-state index is 13.4. The zero-order chi connectivity index (χ0) is 26.3. The number of carbonyl (C=O) groups is 1. The van der Waals surface area contributed by atoms with E-state index in [1.807, 2.05) is 0 Å². The van der Waals surface area contributed by atoms with E-state index >= 15 is 0 Å². The van der Waals surface area contributed by atoms with Crippen LogP contribution in [0.1, 0.15) is 53.8 Å². The molecule has 1 aromatic heterocycles. The van der Waals surface area contributed by atoms with Crippen molar-refractivity contribution in [3.05, 3.63) is 88.9 Å². The summed E-state index contributed by atoms with van der Waals surface area (Å²) in [6.07, 6.45) is 1.41. The zero-order valence-corrected chi connectivity index (χ0v) is 22.0. The highest BCUT2D eigenvalue weighted by atomic mass is 19.1. The lowest BCUT2D eigenvalue weighted by atomic mass is 9.87. The summed E-state index contributed by atoms with van der Waals surface area (Å²) in [7, 11) is 0. The Kier molecular flexibility index (Phi) is 9.08. The Labute approximate surface area is 218 Å². The molecule has 0 unspecified atom stereocenters. The van der Waals surface area contributed by atoms with Crippen molar-refractivity contribution < 1.29 is 18.3 Å². The number of benzene rings is 2. The second-order valence-corrected chi connectivity index (χ2v) is 10.6. The van der Waals surface area contributed by atoms with Crippen LogP contribution >= 0.6 is 0 Å². The first-order valence-corrected chi connectivity index (χ1v) is 12.9.